The van der Waals surface area contributed by atoms with Crippen LogP contribution in [0.1, 0.15) is 24.8 Å². The van der Waals surface area contributed by atoms with Crippen LogP contribution >= 0.6 is 0 Å². The SMILES string of the molecule is N[C@@H](Cc1ccccc1)C(=O)N1CCC(N2CCCC2)C1. The van der Waals surface area contributed by atoms with Crippen molar-refractivity contribution in [2.24, 2.45) is 5.73 Å². The first-order valence-corrected chi connectivity index (χ1v) is 8.06. The van der Waals surface area contributed by atoms with E-state index in [2.05, 4.69) is 4.90 Å². The van der Waals surface area contributed by atoms with E-state index in [1.807, 2.05) is 35.2 Å². The van der Waals surface area contributed by atoms with E-state index >= 15 is 0 Å². The predicted molar refractivity (Wildman–Crippen MR) is 83.9 cm³/mol. The Labute approximate surface area is 126 Å². The summed E-state index contributed by atoms with van der Waals surface area (Å²) in [5.74, 6) is 0.112. The molecule has 1 unspecified atom stereocenters. The van der Waals surface area contributed by atoms with Gasteiger partial charge in [0.2, 0.25) is 5.91 Å². The molecule has 2 aliphatic rings. The van der Waals surface area contributed by atoms with E-state index in [1.54, 1.807) is 0 Å². The molecule has 114 valence electrons. The zero-order valence-corrected chi connectivity index (χ0v) is 12.6. The molecule has 0 saturated carbocycles. The van der Waals surface area contributed by atoms with Crippen LogP contribution in [0.3, 0.4) is 0 Å². The molecule has 2 fully saturated rings. The lowest BCUT2D eigenvalue weighted by Gasteiger charge is -2.25. The van der Waals surface area contributed by atoms with Crippen LogP contribution in [0, 0.1) is 0 Å². The monoisotopic (exact) mass is 287 g/mol. The molecule has 0 bridgehead atoms. The summed E-state index contributed by atoms with van der Waals surface area (Å²) in [6.07, 6.45) is 4.34. The topological polar surface area (TPSA) is 49.6 Å². The normalized spacial score (nSPS) is 24.4. The fourth-order valence-electron chi connectivity index (χ4n) is 3.54. The Morgan fingerprint density at radius 2 is 1.90 bits per heavy atom. The molecule has 1 aromatic rings. The molecule has 0 radical (unpaired) electrons. The Kier molecular flexibility index (Phi) is 4.56. The van der Waals surface area contributed by atoms with Crippen molar-refractivity contribution in [3.8, 4) is 0 Å². The number of nitrogens with two attached hydrogens (primary N) is 1. The van der Waals surface area contributed by atoms with E-state index in [4.69, 9.17) is 5.73 Å². The van der Waals surface area contributed by atoms with Crippen LogP contribution in [0.4, 0.5) is 0 Å². The molecular formula is C17H25N3O. The lowest BCUT2D eigenvalue weighted by Crippen LogP contribution is -2.45. The van der Waals surface area contributed by atoms with E-state index in [1.165, 1.54) is 25.9 Å². The molecule has 2 atom stereocenters. The maximum atomic E-state index is 12.5. The van der Waals surface area contributed by atoms with Crippen molar-refractivity contribution in [3.63, 3.8) is 0 Å². The van der Waals surface area contributed by atoms with Crippen molar-refractivity contribution in [2.45, 2.75) is 37.8 Å². The third kappa shape index (κ3) is 3.44. The zero-order valence-electron chi connectivity index (χ0n) is 12.6. The molecule has 2 N–H and O–H groups in total. The third-order valence-electron chi connectivity index (χ3n) is 4.75. The average molecular weight is 287 g/mol. The number of carbonyl (C=O) groups is 1. The summed E-state index contributed by atoms with van der Waals surface area (Å²) in [6, 6.07) is 10.2. The van der Waals surface area contributed by atoms with Crippen molar-refractivity contribution < 1.29 is 4.79 Å². The molecule has 3 rings (SSSR count). The lowest BCUT2D eigenvalue weighted by molar-refractivity contribution is -0.131. The van der Waals surface area contributed by atoms with Crippen molar-refractivity contribution in [3.05, 3.63) is 35.9 Å². The van der Waals surface area contributed by atoms with Crippen molar-refractivity contribution >= 4 is 5.91 Å². The summed E-state index contributed by atoms with van der Waals surface area (Å²) >= 11 is 0. The highest BCUT2D eigenvalue weighted by atomic mass is 16.2. The maximum absolute atomic E-state index is 12.5. The van der Waals surface area contributed by atoms with Crippen LogP contribution in [0.25, 0.3) is 0 Å². The standard InChI is InChI=1S/C17H25N3O/c18-16(12-14-6-2-1-3-7-14)17(21)20-11-8-15(13-20)19-9-4-5-10-19/h1-3,6-7,15-16H,4-5,8-13,18H2/t15?,16-/m0/s1. The van der Waals surface area contributed by atoms with Gasteiger partial charge in [0.1, 0.15) is 0 Å². The number of hydrogen-bond donors (Lipinski definition) is 1. The number of rotatable bonds is 4. The summed E-state index contributed by atoms with van der Waals surface area (Å²) in [7, 11) is 0. The highest BCUT2D eigenvalue weighted by Gasteiger charge is 2.33. The fraction of sp³-hybridized carbons (Fsp3) is 0.588. The molecular weight excluding hydrogens is 262 g/mol. The van der Waals surface area contributed by atoms with Crippen LogP contribution in [-0.4, -0.2) is 54.0 Å². The molecule has 21 heavy (non-hydrogen) atoms. The van der Waals surface area contributed by atoms with E-state index < -0.39 is 6.04 Å². The molecule has 1 amide bonds. The quantitative estimate of drug-likeness (QED) is 0.907. The van der Waals surface area contributed by atoms with Crippen molar-refractivity contribution in [1.29, 1.82) is 0 Å². The van der Waals surface area contributed by atoms with Gasteiger partial charge in [-0.15, -0.1) is 0 Å². The minimum atomic E-state index is -0.412. The average Bonchev–Trinajstić information content (AvgIpc) is 3.18. The van der Waals surface area contributed by atoms with E-state index in [9.17, 15) is 4.79 Å². The molecule has 0 aromatic heterocycles. The lowest BCUT2D eigenvalue weighted by atomic mass is 10.1. The van der Waals surface area contributed by atoms with Gasteiger partial charge in [0.05, 0.1) is 6.04 Å². The van der Waals surface area contributed by atoms with Gasteiger partial charge in [0, 0.05) is 19.1 Å². The number of benzene rings is 1. The highest BCUT2D eigenvalue weighted by Crippen LogP contribution is 2.21. The zero-order chi connectivity index (χ0) is 14.7. The predicted octanol–water partition coefficient (Wildman–Crippen LogP) is 1.25. The molecule has 0 spiro atoms. The van der Waals surface area contributed by atoms with Crippen LogP contribution in [0.5, 0.6) is 0 Å². The highest BCUT2D eigenvalue weighted by molar-refractivity contribution is 5.82. The van der Waals surface area contributed by atoms with Gasteiger partial charge in [-0.3, -0.25) is 9.69 Å². The van der Waals surface area contributed by atoms with Gasteiger partial charge in [-0.05, 0) is 44.3 Å². The largest absolute Gasteiger partial charge is 0.340 e. The minimum absolute atomic E-state index is 0.112. The Balaban J connectivity index is 1.53. The van der Waals surface area contributed by atoms with Gasteiger partial charge in [-0.1, -0.05) is 30.3 Å². The molecule has 4 nitrogen and oxygen atoms in total. The first-order valence-electron chi connectivity index (χ1n) is 8.06. The van der Waals surface area contributed by atoms with Crippen LogP contribution in [0.15, 0.2) is 30.3 Å². The smallest absolute Gasteiger partial charge is 0.239 e. The summed E-state index contributed by atoms with van der Waals surface area (Å²) < 4.78 is 0. The van der Waals surface area contributed by atoms with Gasteiger partial charge in [0.25, 0.3) is 0 Å². The molecule has 1 aromatic carbocycles. The van der Waals surface area contributed by atoms with Crippen LogP contribution in [0.2, 0.25) is 0 Å². The molecule has 2 aliphatic heterocycles. The van der Waals surface area contributed by atoms with Gasteiger partial charge in [0.15, 0.2) is 0 Å². The van der Waals surface area contributed by atoms with E-state index in [0.29, 0.717) is 12.5 Å². The van der Waals surface area contributed by atoms with Crippen molar-refractivity contribution in [2.75, 3.05) is 26.2 Å². The fourth-order valence-corrected chi connectivity index (χ4v) is 3.54. The Hall–Kier alpha value is -1.39. The summed E-state index contributed by atoms with van der Waals surface area (Å²) in [4.78, 5) is 17.0. The van der Waals surface area contributed by atoms with E-state index in [-0.39, 0.29) is 5.91 Å². The Morgan fingerprint density at radius 3 is 2.62 bits per heavy atom. The second-order valence-electron chi connectivity index (χ2n) is 6.27. The van der Waals surface area contributed by atoms with Crippen LogP contribution in [-0.2, 0) is 11.2 Å². The second-order valence-corrected chi connectivity index (χ2v) is 6.27. The van der Waals surface area contributed by atoms with Gasteiger partial charge >= 0.3 is 0 Å². The van der Waals surface area contributed by atoms with E-state index in [0.717, 1.165) is 25.1 Å². The van der Waals surface area contributed by atoms with Gasteiger partial charge in [-0.25, -0.2) is 0 Å². The number of hydrogen-bond acceptors (Lipinski definition) is 3. The number of carbonyl (C=O) groups excluding carboxylic acids is 1. The summed E-state index contributed by atoms with van der Waals surface area (Å²) in [5.41, 5.74) is 7.26. The Bertz CT molecular complexity index is 470. The summed E-state index contributed by atoms with van der Waals surface area (Å²) in [5, 5.41) is 0. The third-order valence-corrected chi connectivity index (χ3v) is 4.75. The van der Waals surface area contributed by atoms with Gasteiger partial charge < -0.3 is 10.6 Å². The summed E-state index contributed by atoms with van der Waals surface area (Å²) in [6.45, 7) is 4.12. The molecule has 2 saturated heterocycles. The molecule has 0 aliphatic carbocycles. The second kappa shape index (κ2) is 6.58. The van der Waals surface area contributed by atoms with Gasteiger partial charge in [-0.2, -0.15) is 0 Å². The molecule has 2 heterocycles. The minimum Gasteiger partial charge on any atom is -0.340 e. The van der Waals surface area contributed by atoms with Crippen LogP contribution < -0.4 is 5.73 Å². The Morgan fingerprint density at radius 1 is 1.19 bits per heavy atom. The number of amides is 1. The first kappa shape index (κ1) is 14.5. The first-order chi connectivity index (χ1) is 10.2. The number of likely N-dealkylation sites (tertiary alicyclic amines) is 2. The van der Waals surface area contributed by atoms with Crippen molar-refractivity contribution in [1.82, 2.24) is 9.80 Å². The number of nitrogens with zero attached hydrogens (tertiary/aromatic N) is 2. The maximum Gasteiger partial charge on any atom is 0.239 e. The molecule has 4 heteroatoms.